The van der Waals surface area contributed by atoms with E-state index in [1.165, 1.54) is 36.4 Å². The minimum absolute atomic E-state index is 0.0155. The van der Waals surface area contributed by atoms with Crippen LogP contribution in [0.3, 0.4) is 0 Å². The van der Waals surface area contributed by atoms with Gasteiger partial charge >= 0.3 is 6.18 Å². The summed E-state index contributed by atoms with van der Waals surface area (Å²) in [7, 11) is 0. The Morgan fingerprint density at radius 1 is 1.26 bits per heavy atom. The average Bonchev–Trinajstić information content (AvgIpc) is 2.72. The molecule has 0 saturated carbocycles. The number of thioether (sulfide) groups is 1. The van der Waals surface area contributed by atoms with Gasteiger partial charge in [-0.3, -0.25) is 5.41 Å². The third kappa shape index (κ3) is 6.10. The van der Waals surface area contributed by atoms with Crippen molar-refractivity contribution in [3.05, 3.63) is 59.2 Å². The number of aromatic hydroxyl groups is 1. The molecule has 1 saturated heterocycles. The first-order chi connectivity index (χ1) is 14.8. The van der Waals surface area contributed by atoms with Gasteiger partial charge in [-0.05, 0) is 54.7 Å². The van der Waals surface area contributed by atoms with Gasteiger partial charge in [-0.1, -0.05) is 18.2 Å². The van der Waals surface area contributed by atoms with Crippen molar-refractivity contribution < 1.29 is 23.0 Å². The fourth-order valence-corrected chi connectivity index (χ4v) is 4.32. The number of halogens is 3. The minimum atomic E-state index is -4.57. The number of hydrogen-bond donors (Lipinski definition) is 4. The Bertz CT molecular complexity index is 958. The second-order valence-electron chi connectivity index (χ2n) is 7.08. The molecule has 0 aliphatic carbocycles. The van der Waals surface area contributed by atoms with E-state index < -0.39 is 11.7 Å². The fraction of sp³-hybridized carbons (Fsp3) is 0.318. The Morgan fingerprint density at radius 3 is 2.68 bits per heavy atom. The Balaban J connectivity index is 1.75. The lowest BCUT2D eigenvalue weighted by atomic mass is 10.1. The number of hydrogen-bond acceptors (Lipinski definition) is 5. The van der Waals surface area contributed by atoms with Gasteiger partial charge in [-0.25, -0.2) is 0 Å². The van der Waals surface area contributed by atoms with E-state index in [0.29, 0.717) is 11.1 Å². The summed E-state index contributed by atoms with van der Waals surface area (Å²) in [6.07, 6.45) is -0.183. The molecule has 0 bridgehead atoms. The van der Waals surface area contributed by atoms with Crippen LogP contribution in [0.1, 0.15) is 29.5 Å². The van der Waals surface area contributed by atoms with Crippen LogP contribution in [0.4, 0.5) is 18.9 Å². The maximum atomic E-state index is 13.8. The predicted octanol–water partition coefficient (Wildman–Crippen LogP) is 5.09. The zero-order valence-electron chi connectivity index (χ0n) is 16.7. The summed E-state index contributed by atoms with van der Waals surface area (Å²) < 4.78 is 47.1. The second-order valence-corrected chi connectivity index (χ2v) is 8.30. The van der Waals surface area contributed by atoms with Crippen LogP contribution in [-0.4, -0.2) is 35.1 Å². The zero-order chi connectivity index (χ0) is 22.4. The molecule has 0 amide bonds. The van der Waals surface area contributed by atoms with Crippen LogP contribution in [0.15, 0.2) is 42.5 Å². The largest absolute Gasteiger partial charge is 0.507 e. The summed E-state index contributed by atoms with van der Waals surface area (Å²) in [5.41, 5.74) is 5.42. The molecule has 0 aromatic heterocycles. The smallest absolute Gasteiger partial charge is 0.421 e. The van der Waals surface area contributed by atoms with Crippen LogP contribution in [0, 0.1) is 5.41 Å². The minimum Gasteiger partial charge on any atom is -0.507 e. The van der Waals surface area contributed by atoms with E-state index in [9.17, 15) is 18.3 Å². The Hall–Kier alpha value is -2.81. The molecule has 2 aromatic carbocycles. The van der Waals surface area contributed by atoms with Crippen molar-refractivity contribution in [3.8, 4) is 11.5 Å². The van der Waals surface area contributed by atoms with Gasteiger partial charge in [0.15, 0.2) is 0 Å². The average molecular weight is 452 g/mol. The van der Waals surface area contributed by atoms with Gasteiger partial charge in [-0.15, -0.1) is 0 Å². The monoisotopic (exact) mass is 451 g/mol. The lowest BCUT2D eigenvalue weighted by Gasteiger charge is -2.25. The quantitative estimate of drug-likeness (QED) is 0.348. The number of nitrogens with two attached hydrogens (primary N) is 1. The van der Waals surface area contributed by atoms with Crippen molar-refractivity contribution in [1.29, 1.82) is 5.41 Å². The van der Waals surface area contributed by atoms with Crippen molar-refractivity contribution in [1.82, 2.24) is 0 Å². The van der Waals surface area contributed by atoms with Gasteiger partial charge in [0.05, 0.1) is 5.69 Å². The summed E-state index contributed by atoms with van der Waals surface area (Å²) in [6, 6.07) is 8.73. The number of benzene rings is 2. The van der Waals surface area contributed by atoms with E-state index in [4.69, 9.17) is 15.9 Å². The summed E-state index contributed by atoms with van der Waals surface area (Å²) in [6.45, 7) is 0.0936. The van der Waals surface area contributed by atoms with Gasteiger partial charge in [-0.2, -0.15) is 24.9 Å². The molecule has 2 aromatic rings. The molecule has 0 radical (unpaired) electrons. The Kier molecular flexibility index (Phi) is 7.37. The number of ether oxygens (including phenoxy) is 1. The first-order valence-corrected chi connectivity index (χ1v) is 10.9. The second kappa shape index (κ2) is 10.00. The van der Waals surface area contributed by atoms with E-state index >= 15 is 0 Å². The highest BCUT2D eigenvalue weighted by molar-refractivity contribution is 7.99. The maximum Gasteiger partial charge on any atom is 0.421 e. The molecule has 0 atom stereocenters. The van der Waals surface area contributed by atoms with E-state index in [1.54, 1.807) is 23.9 Å². The fourth-order valence-electron chi connectivity index (χ4n) is 3.25. The van der Waals surface area contributed by atoms with Gasteiger partial charge in [0.1, 0.15) is 29.0 Å². The molecule has 9 heteroatoms. The van der Waals surface area contributed by atoms with E-state index in [0.717, 1.165) is 24.3 Å². The highest BCUT2D eigenvalue weighted by atomic mass is 32.2. The first kappa shape index (κ1) is 22.9. The van der Waals surface area contributed by atoms with E-state index in [-0.39, 0.29) is 35.7 Å². The van der Waals surface area contributed by atoms with E-state index in [2.05, 4.69) is 5.32 Å². The normalized spacial score (nSPS) is 15.2. The molecule has 3 rings (SSSR count). The van der Waals surface area contributed by atoms with Crippen molar-refractivity contribution in [2.24, 2.45) is 5.73 Å². The molecule has 1 fully saturated rings. The summed E-state index contributed by atoms with van der Waals surface area (Å²) in [5, 5.41) is 20.2. The highest BCUT2D eigenvalue weighted by Crippen LogP contribution is 2.42. The molecule has 1 aliphatic rings. The summed E-state index contributed by atoms with van der Waals surface area (Å²) in [4.78, 5) is 0. The number of nitrogen functional groups attached to an aromatic ring is 1. The van der Waals surface area contributed by atoms with Gasteiger partial charge < -0.3 is 20.9 Å². The summed E-state index contributed by atoms with van der Waals surface area (Å²) in [5.74, 6) is 1.44. The number of amidine groups is 1. The summed E-state index contributed by atoms with van der Waals surface area (Å²) >= 11 is 1.78. The van der Waals surface area contributed by atoms with Crippen molar-refractivity contribution in [3.63, 3.8) is 0 Å². The van der Waals surface area contributed by atoms with Gasteiger partial charge in [0, 0.05) is 17.7 Å². The molecule has 5 nitrogen and oxygen atoms in total. The number of nitrogens with one attached hydrogen (secondary N) is 2. The van der Waals surface area contributed by atoms with Gasteiger partial charge in [0.25, 0.3) is 0 Å². The number of phenols is 1. The molecular formula is C22H24F3N3O2S. The lowest BCUT2D eigenvalue weighted by molar-refractivity contribution is -0.138. The molecule has 5 N–H and O–H groups in total. The number of rotatable bonds is 7. The topological polar surface area (TPSA) is 91.4 Å². The van der Waals surface area contributed by atoms with Crippen LogP contribution in [0.2, 0.25) is 0 Å². The zero-order valence-corrected chi connectivity index (χ0v) is 17.5. The first-order valence-electron chi connectivity index (χ1n) is 9.78. The highest BCUT2D eigenvalue weighted by Gasteiger charge is 2.38. The standard InChI is InChI=1S/C22H24F3N3O2S/c23-22(24,25)20-17(4-1-5-19(20)30-16-8-11-31-12-9-16)28-10-2-3-14-13-15(21(26)27)6-7-18(14)29/h1-7,13,16,28-29H,8-12H2,(H3,26,27)/b3-2+. The van der Waals surface area contributed by atoms with Crippen molar-refractivity contribution in [2.45, 2.75) is 25.1 Å². The number of alkyl halides is 3. The third-order valence-corrected chi connectivity index (χ3v) is 5.87. The molecule has 0 spiro atoms. The molecule has 0 unspecified atom stereocenters. The van der Waals surface area contributed by atoms with Gasteiger partial charge in [0.2, 0.25) is 0 Å². The van der Waals surface area contributed by atoms with Crippen LogP contribution < -0.4 is 15.8 Å². The Morgan fingerprint density at radius 2 is 2.00 bits per heavy atom. The van der Waals surface area contributed by atoms with E-state index in [1.807, 2.05) is 0 Å². The van der Waals surface area contributed by atoms with Crippen molar-refractivity contribution >= 4 is 29.4 Å². The maximum absolute atomic E-state index is 13.8. The van der Waals surface area contributed by atoms with Crippen LogP contribution in [-0.2, 0) is 6.18 Å². The molecule has 31 heavy (non-hydrogen) atoms. The van der Waals surface area contributed by atoms with Crippen LogP contribution >= 0.6 is 11.8 Å². The van der Waals surface area contributed by atoms with Crippen LogP contribution in [0.25, 0.3) is 6.08 Å². The molecule has 1 aliphatic heterocycles. The predicted molar refractivity (Wildman–Crippen MR) is 119 cm³/mol. The Labute approximate surface area is 183 Å². The molecular weight excluding hydrogens is 427 g/mol. The lowest BCUT2D eigenvalue weighted by Crippen LogP contribution is -2.24. The number of anilines is 1. The molecule has 1 heterocycles. The number of phenolic OH excluding ortho intramolecular Hbond substituents is 1. The van der Waals surface area contributed by atoms with Crippen LogP contribution in [0.5, 0.6) is 11.5 Å². The third-order valence-electron chi connectivity index (χ3n) is 4.82. The SMILES string of the molecule is N=C(N)c1ccc(O)c(/C=C/CNc2cccc(OC3CCSCC3)c2C(F)(F)F)c1. The van der Waals surface area contributed by atoms with Crippen molar-refractivity contribution in [2.75, 3.05) is 23.4 Å². The molecule has 166 valence electrons.